The van der Waals surface area contributed by atoms with Crippen LogP contribution in [0.4, 0.5) is 17.1 Å². The number of hydrazone groups is 1. The number of benzene rings is 3. The minimum Gasteiger partial charge on any atom is -0.477 e. The maximum atomic E-state index is 12.0. The van der Waals surface area contributed by atoms with Gasteiger partial charge in [0.1, 0.15) is 5.75 Å². The van der Waals surface area contributed by atoms with Gasteiger partial charge < -0.3 is 9.47 Å². The first-order valence-corrected chi connectivity index (χ1v) is 10.0. The van der Waals surface area contributed by atoms with Gasteiger partial charge in [0.05, 0.1) is 27.1 Å². The van der Waals surface area contributed by atoms with Gasteiger partial charge in [-0.05, 0) is 42.3 Å². The first kappa shape index (κ1) is 25.2. The van der Waals surface area contributed by atoms with Crippen LogP contribution < -0.4 is 14.9 Å². The Hall–Kier alpha value is -5.40. The average Bonchev–Trinajstić information content (AvgIpc) is 2.83. The number of non-ortho nitro benzene ring substituents is 1. The zero-order valence-corrected chi connectivity index (χ0v) is 18.5. The molecule has 1 amide bonds. The zero-order chi connectivity index (χ0) is 26.2. The van der Waals surface area contributed by atoms with E-state index in [1.54, 1.807) is 25.1 Å². The van der Waals surface area contributed by atoms with E-state index in [2.05, 4.69) is 10.5 Å². The van der Waals surface area contributed by atoms with Crippen LogP contribution in [0.5, 0.6) is 17.2 Å². The number of hydrogen-bond donors (Lipinski definition) is 1. The van der Waals surface area contributed by atoms with Crippen LogP contribution in [0.15, 0.2) is 65.8 Å². The van der Waals surface area contributed by atoms with E-state index < -0.39 is 38.7 Å². The molecular weight excluding hydrogens is 478 g/mol. The Morgan fingerprint density at radius 3 is 2.31 bits per heavy atom. The summed E-state index contributed by atoms with van der Waals surface area (Å²) in [4.78, 5) is 43.1. The fourth-order valence-electron chi connectivity index (χ4n) is 2.88. The van der Waals surface area contributed by atoms with Crippen LogP contribution in [0.25, 0.3) is 0 Å². The third kappa shape index (κ3) is 6.57. The Balaban J connectivity index is 1.62. The summed E-state index contributed by atoms with van der Waals surface area (Å²) in [5.74, 6) is -0.752. The summed E-state index contributed by atoms with van der Waals surface area (Å²) in [7, 11) is 0. The van der Waals surface area contributed by atoms with E-state index in [1.807, 2.05) is 0 Å². The minimum atomic E-state index is -0.795. The molecule has 0 heterocycles. The predicted molar refractivity (Wildman–Crippen MR) is 125 cm³/mol. The SMILES string of the molecule is Cc1ccc(OCC(=O)NN=Cc2cccc(Oc3ccc([N+](=O)[O-])cc3[N+](=O)[O-])c2)c([N+](=O)[O-])c1. The highest BCUT2D eigenvalue weighted by Gasteiger charge is 2.21. The number of nitrogens with zero attached hydrogens (tertiary/aromatic N) is 4. The molecule has 0 fully saturated rings. The molecule has 0 aliphatic rings. The predicted octanol–water partition coefficient (Wildman–Crippen LogP) is 4.04. The molecular formula is C22H17N5O9. The molecule has 0 saturated carbocycles. The van der Waals surface area contributed by atoms with Gasteiger partial charge in [-0.2, -0.15) is 5.10 Å². The Morgan fingerprint density at radius 1 is 0.917 bits per heavy atom. The molecule has 0 aliphatic heterocycles. The number of nitro groups is 3. The fraction of sp³-hybridized carbons (Fsp3) is 0.0909. The standard InChI is InChI=1S/C22H17N5O9/c1-14-5-7-20(18(9-14)26(31)32)35-13-22(28)24-23-12-15-3-2-4-17(10-15)36-21-8-6-16(25(29)30)11-19(21)27(33)34/h2-12H,13H2,1H3,(H,24,28). The lowest BCUT2D eigenvalue weighted by molar-refractivity contribution is -0.394. The van der Waals surface area contributed by atoms with Crippen LogP contribution in [0.1, 0.15) is 11.1 Å². The topological polar surface area (TPSA) is 189 Å². The molecule has 0 spiro atoms. The average molecular weight is 495 g/mol. The third-order valence-electron chi connectivity index (χ3n) is 4.51. The highest BCUT2D eigenvalue weighted by atomic mass is 16.6. The molecule has 0 unspecified atom stereocenters. The monoisotopic (exact) mass is 495 g/mol. The van der Waals surface area contributed by atoms with Gasteiger partial charge in [-0.15, -0.1) is 0 Å². The van der Waals surface area contributed by atoms with Gasteiger partial charge in [-0.25, -0.2) is 5.43 Å². The molecule has 184 valence electrons. The maximum Gasteiger partial charge on any atom is 0.318 e. The van der Waals surface area contributed by atoms with Crippen molar-refractivity contribution in [2.45, 2.75) is 6.92 Å². The van der Waals surface area contributed by atoms with Gasteiger partial charge in [0.15, 0.2) is 12.4 Å². The third-order valence-corrected chi connectivity index (χ3v) is 4.51. The van der Waals surface area contributed by atoms with Crippen LogP contribution in [-0.2, 0) is 4.79 Å². The van der Waals surface area contributed by atoms with Crippen molar-refractivity contribution in [3.05, 3.63) is 102 Å². The van der Waals surface area contributed by atoms with Crippen LogP contribution in [0.2, 0.25) is 0 Å². The van der Waals surface area contributed by atoms with Gasteiger partial charge in [0, 0.05) is 12.1 Å². The second kappa shape index (κ2) is 11.1. The Kier molecular flexibility index (Phi) is 7.81. The van der Waals surface area contributed by atoms with E-state index in [9.17, 15) is 35.1 Å². The fourth-order valence-corrected chi connectivity index (χ4v) is 2.88. The van der Waals surface area contributed by atoms with E-state index in [4.69, 9.17) is 9.47 Å². The van der Waals surface area contributed by atoms with Crippen molar-refractivity contribution in [1.29, 1.82) is 0 Å². The molecule has 36 heavy (non-hydrogen) atoms. The summed E-state index contributed by atoms with van der Waals surface area (Å²) in [6.45, 7) is 1.17. The van der Waals surface area contributed by atoms with E-state index in [0.717, 1.165) is 18.2 Å². The van der Waals surface area contributed by atoms with Crippen LogP contribution in [0.3, 0.4) is 0 Å². The Morgan fingerprint density at radius 2 is 1.61 bits per heavy atom. The minimum absolute atomic E-state index is 0.0603. The number of carbonyl (C=O) groups is 1. The number of aryl methyl sites for hydroxylation is 1. The van der Waals surface area contributed by atoms with E-state index >= 15 is 0 Å². The van der Waals surface area contributed by atoms with Crippen molar-refractivity contribution in [2.75, 3.05) is 6.61 Å². The van der Waals surface area contributed by atoms with Crippen molar-refractivity contribution in [3.63, 3.8) is 0 Å². The summed E-state index contributed by atoms with van der Waals surface area (Å²) < 4.78 is 10.7. The molecule has 14 nitrogen and oxygen atoms in total. The summed E-state index contributed by atoms with van der Waals surface area (Å²) >= 11 is 0. The number of hydrogen-bond acceptors (Lipinski definition) is 10. The number of amides is 1. The van der Waals surface area contributed by atoms with E-state index in [0.29, 0.717) is 11.1 Å². The number of nitrogens with one attached hydrogen (secondary N) is 1. The number of nitro benzene ring substituents is 3. The van der Waals surface area contributed by atoms with E-state index in [1.165, 1.54) is 30.5 Å². The summed E-state index contributed by atoms with van der Waals surface area (Å²) in [5.41, 5.74) is 2.03. The van der Waals surface area contributed by atoms with Gasteiger partial charge >= 0.3 is 11.4 Å². The molecule has 3 aromatic rings. The Labute approximate surface area is 202 Å². The second-order valence-corrected chi connectivity index (χ2v) is 7.15. The quantitative estimate of drug-likeness (QED) is 0.246. The molecule has 0 bridgehead atoms. The molecule has 3 rings (SSSR count). The molecule has 0 aromatic heterocycles. The summed E-state index contributed by atoms with van der Waals surface area (Å²) in [6.07, 6.45) is 1.27. The normalized spacial score (nSPS) is 10.6. The zero-order valence-electron chi connectivity index (χ0n) is 18.5. The largest absolute Gasteiger partial charge is 0.477 e. The summed E-state index contributed by atoms with van der Waals surface area (Å²) in [5, 5.41) is 37.0. The first-order chi connectivity index (χ1) is 17.1. The Bertz CT molecular complexity index is 1370. The van der Waals surface area contributed by atoms with Crippen molar-refractivity contribution < 1.29 is 29.0 Å². The highest BCUT2D eigenvalue weighted by Crippen LogP contribution is 2.34. The maximum absolute atomic E-state index is 12.0. The van der Waals surface area contributed by atoms with Crippen molar-refractivity contribution in [3.8, 4) is 17.2 Å². The highest BCUT2D eigenvalue weighted by molar-refractivity contribution is 5.83. The molecule has 0 radical (unpaired) electrons. The van der Waals surface area contributed by atoms with Crippen molar-refractivity contribution in [1.82, 2.24) is 5.43 Å². The van der Waals surface area contributed by atoms with Crippen molar-refractivity contribution in [2.24, 2.45) is 5.10 Å². The molecule has 0 aliphatic carbocycles. The molecule has 3 aromatic carbocycles. The van der Waals surface area contributed by atoms with Gasteiger partial charge in [0.25, 0.3) is 11.6 Å². The number of rotatable bonds is 10. The number of carbonyl (C=O) groups excluding carboxylic acids is 1. The van der Waals surface area contributed by atoms with Gasteiger partial charge in [-0.3, -0.25) is 35.1 Å². The lowest BCUT2D eigenvalue weighted by Gasteiger charge is -2.07. The van der Waals surface area contributed by atoms with Gasteiger partial charge in [0.2, 0.25) is 5.75 Å². The summed E-state index contributed by atoms with van der Waals surface area (Å²) in [6, 6.07) is 13.5. The molecule has 0 saturated heterocycles. The molecule has 0 atom stereocenters. The van der Waals surface area contributed by atoms with Crippen LogP contribution in [-0.4, -0.2) is 33.5 Å². The van der Waals surface area contributed by atoms with Crippen LogP contribution >= 0.6 is 0 Å². The lowest BCUT2D eigenvalue weighted by Crippen LogP contribution is -2.24. The molecule has 1 N–H and O–H groups in total. The number of ether oxygens (including phenoxy) is 2. The smallest absolute Gasteiger partial charge is 0.318 e. The van der Waals surface area contributed by atoms with E-state index in [-0.39, 0.29) is 22.9 Å². The first-order valence-electron chi connectivity index (χ1n) is 10.0. The van der Waals surface area contributed by atoms with Crippen molar-refractivity contribution >= 4 is 29.2 Å². The van der Waals surface area contributed by atoms with Gasteiger partial charge in [-0.1, -0.05) is 18.2 Å². The molecule has 14 heteroatoms. The lowest BCUT2D eigenvalue weighted by atomic mass is 10.2. The second-order valence-electron chi connectivity index (χ2n) is 7.15. The van der Waals surface area contributed by atoms with Crippen LogP contribution in [0, 0.1) is 37.3 Å².